The normalized spacial score (nSPS) is 12.0. The Morgan fingerprint density at radius 2 is 1.87 bits per heavy atom. The van der Waals surface area contributed by atoms with E-state index in [1.165, 1.54) is 30.3 Å². The molecule has 4 N–H and O–H groups in total. The summed E-state index contributed by atoms with van der Waals surface area (Å²) in [7, 11) is 0. The van der Waals surface area contributed by atoms with Crippen molar-refractivity contribution in [1.29, 1.82) is 0 Å². The smallest absolute Gasteiger partial charge is 0.408 e. The summed E-state index contributed by atoms with van der Waals surface area (Å²) < 4.78 is 19.4. The van der Waals surface area contributed by atoms with Gasteiger partial charge in [0, 0.05) is 10.9 Å². The van der Waals surface area contributed by atoms with Crippen LogP contribution in [-0.2, 0) is 16.0 Å². The molecule has 0 heterocycles. The van der Waals surface area contributed by atoms with Crippen molar-refractivity contribution < 1.29 is 23.5 Å². The summed E-state index contributed by atoms with van der Waals surface area (Å²) in [5, 5.41) is 5.10. The summed E-state index contributed by atoms with van der Waals surface area (Å²) >= 11 is 3.24. The lowest BCUT2D eigenvalue weighted by atomic mass is 10.0. The molecule has 160 valence electrons. The van der Waals surface area contributed by atoms with Gasteiger partial charge in [-0.1, -0.05) is 28.1 Å². The van der Waals surface area contributed by atoms with E-state index in [-0.39, 0.29) is 17.7 Å². The highest BCUT2D eigenvalue weighted by Crippen LogP contribution is 2.21. The highest BCUT2D eigenvalue weighted by molar-refractivity contribution is 9.10. The molecule has 0 spiro atoms. The molecular formula is C21H23BrFN3O4. The molecule has 9 heteroatoms. The van der Waals surface area contributed by atoms with E-state index in [0.717, 1.165) is 0 Å². The third-order valence-corrected chi connectivity index (χ3v) is 4.33. The first-order valence-electron chi connectivity index (χ1n) is 9.09. The molecular weight excluding hydrogens is 457 g/mol. The number of primary amides is 1. The van der Waals surface area contributed by atoms with E-state index in [1.807, 2.05) is 0 Å². The molecule has 2 aromatic carbocycles. The first-order chi connectivity index (χ1) is 13.9. The lowest BCUT2D eigenvalue weighted by Crippen LogP contribution is -2.47. The van der Waals surface area contributed by atoms with E-state index in [4.69, 9.17) is 10.5 Å². The van der Waals surface area contributed by atoms with Crippen LogP contribution in [0.25, 0.3) is 0 Å². The molecule has 0 fully saturated rings. The third-order valence-electron chi connectivity index (χ3n) is 3.84. The van der Waals surface area contributed by atoms with Gasteiger partial charge in [0.15, 0.2) is 0 Å². The van der Waals surface area contributed by atoms with Gasteiger partial charge in [0.2, 0.25) is 5.91 Å². The maximum atomic E-state index is 13.6. The number of nitrogens with two attached hydrogens (primary N) is 1. The zero-order chi connectivity index (χ0) is 22.5. The van der Waals surface area contributed by atoms with Gasteiger partial charge >= 0.3 is 6.09 Å². The summed E-state index contributed by atoms with van der Waals surface area (Å²) in [5.41, 5.74) is 5.39. The number of rotatable bonds is 6. The molecule has 30 heavy (non-hydrogen) atoms. The van der Waals surface area contributed by atoms with Gasteiger partial charge in [0.1, 0.15) is 17.5 Å². The van der Waals surface area contributed by atoms with Crippen molar-refractivity contribution in [1.82, 2.24) is 5.32 Å². The Morgan fingerprint density at radius 1 is 1.17 bits per heavy atom. The van der Waals surface area contributed by atoms with Crippen molar-refractivity contribution in [2.45, 2.75) is 38.8 Å². The lowest BCUT2D eigenvalue weighted by molar-refractivity contribution is -0.118. The minimum absolute atomic E-state index is 0.00523. The first-order valence-corrected chi connectivity index (χ1v) is 9.88. The number of alkyl carbamates (subject to hydrolysis) is 1. The van der Waals surface area contributed by atoms with Crippen LogP contribution in [0.1, 0.15) is 36.7 Å². The topological polar surface area (TPSA) is 111 Å². The molecule has 1 atom stereocenters. The second kappa shape index (κ2) is 9.71. The van der Waals surface area contributed by atoms with Crippen molar-refractivity contribution in [3.63, 3.8) is 0 Å². The van der Waals surface area contributed by atoms with Gasteiger partial charge in [-0.25, -0.2) is 9.18 Å². The zero-order valence-corrected chi connectivity index (χ0v) is 18.4. The van der Waals surface area contributed by atoms with E-state index in [2.05, 4.69) is 26.6 Å². The summed E-state index contributed by atoms with van der Waals surface area (Å²) in [6, 6.07) is 9.21. The molecule has 0 radical (unpaired) electrons. The lowest BCUT2D eigenvalue weighted by Gasteiger charge is -2.23. The molecule has 0 aliphatic carbocycles. The van der Waals surface area contributed by atoms with Crippen LogP contribution in [0.3, 0.4) is 0 Å². The van der Waals surface area contributed by atoms with Crippen LogP contribution in [0.5, 0.6) is 0 Å². The van der Waals surface area contributed by atoms with Crippen molar-refractivity contribution in [3.05, 3.63) is 63.9 Å². The maximum absolute atomic E-state index is 13.6. The molecule has 0 aliphatic heterocycles. The Kier molecular flexibility index (Phi) is 7.55. The summed E-state index contributed by atoms with van der Waals surface area (Å²) in [5.74, 6) is -1.81. The largest absolute Gasteiger partial charge is 0.444 e. The Labute approximate surface area is 182 Å². The van der Waals surface area contributed by atoms with Crippen molar-refractivity contribution in [2.75, 3.05) is 5.32 Å². The quantitative estimate of drug-likeness (QED) is 0.585. The van der Waals surface area contributed by atoms with Crippen LogP contribution in [0.15, 0.2) is 46.9 Å². The van der Waals surface area contributed by atoms with Gasteiger partial charge in [-0.3, -0.25) is 9.59 Å². The summed E-state index contributed by atoms with van der Waals surface area (Å²) in [6.45, 7) is 5.07. The van der Waals surface area contributed by atoms with E-state index >= 15 is 0 Å². The monoisotopic (exact) mass is 479 g/mol. The number of amides is 3. The standard InChI is InChI=1S/C21H23BrFN3O4/c1-21(2,3)30-20(29)26-17(10-12-5-4-6-14(23)9-12)19(28)25-16-8-7-13(22)11-15(16)18(24)27/h4-9,11,17H,10H2,1-3H3,(H2,24,27)(H,25,28)(H,26,29). The molecule has 0 saturated carbocycles. The molecule has 0 bridgehead atoms. The molecule has 1 unspecified atom stereocenters. The Morgan fingerprint density at radius 3 is 2.47 bits per heavy atom. The second-order valence-electron chi connectivity index (χ2n) is 7.58. The minimum Gasteiger partial charge on any atom is -0.444 e. The maximum Gasteiger partial charge on any atom is 0.408 e. The summed E-state index contributed by atoms with van der Waals surface area (Å²) in [4.78, 5) is 36.9. The van der Waals surface area contributed by atoms with E-state index in [0.29, 0.717) is 10.0 Å². The van der Waals surface area contributed by atoms with Crippen LogP contribution >= 0.6 is 15.9 Å². The Balaban J connectivity index is 2.27. The molecule has 0 aliphatic rings. The Bertz CT molecular complexity index is 960. The molecule has 7 nitrogen and oxygen atoms in total. The highest BCUT2D eigenvalue weighted by Gasteiger charge is 2.26. The average molecular weight is 480 g/mol. The predicted octanol–water partition coefficient (Wildman–Crippen LogP) is 3.76. The second-order valence-corrected chi connectivity index (χ2v) is 8.49. The number of hydrogen-bond acceptors (Lipinski definition) is 4. The minimum atomic E-state index is -1.09. The molecule has 2 rings (SSSR count). The van der Waals surface area contributed by atoms with Crippen LogP contribution in [0, 0.1) is 5.82 Å². The Hall–Kier alpha value is -2.94. The summed E-state index contributed by atoms with van der Waals surface area (Å²) in [6.07, 6.45) is -0.796. The van der Waals surface area contributed by atoms with Crippen LogP contribution < -0.4 is 16.4 Å². The zero-order valence-electron chi connectivity index (χ0n) is 16.8. The fourth-order valence-electron chi connectivity index (χ4n) is 2.61. The fraction of sp³-hybridized carbons (Fsp3) is 0.286. The number of anilines is 1. The fourth-order valence-corrected chi connectivity index (χ4v) is 2.97. The number of hydrogen-bond donors (Lipinski definition) is 3. The van der Waals surface area contributed by atoms with Crippen molar-refractivity contribution in [3.8, 4) is 0 Å². The number of carbonyl (C=O) groups excluding carboxylic acids is 3. The highest BCUT2D eigenvalue weighted by atomic mass is 79.9. The molecule has 3 amide bonds. The molecule has 2 aromatic rings. The molecule has 0 saturated heterocycles. The number of nitrogens with one attached hydrogen (secondary N) is 2. The number of ether oxygens (including phenoxy) is 1. The number of carbonyl (C=O) groups is 3. The van der Waals surface area contributed by atoms with Gasteiger partial charge in [-0.2, -0.15) is 0 Å². The van der Waals surface area contributed by atoms with Gasteiger partial charge in [-0.15, -0.1) is 0 Å². The first kappa shape index (κ1) is 23.3. The van der Waals surface area contributed by atoms with Crippen molar-refractivity contribution in [2.24, 2.45) is 5.73 Å². The van der Waals surface area contributed by atoms with Gasteiger partial charge < -0.3 is 21.1 Å². The van der Waals surface area contributed by atoms with Gasteiger partial charge in [0.25, 0.3) is 5.91 Å². The predicted molar refractivity (Wildman–Crippen MR) is 115 cm³/mol. The van der Waals surface area contributed by atoms with Crippen LogP contribution in [0.2, 0.25) is 0 Å². The van der Waals surface area contributed by atoms with E-state index in [1.54, 1.807) is 32.9 Å². The van der Waals surface area contributed by atoms with E-state index < -0.39 is 35.4 Å². The molecule has 0 aromatic heterocycles. The van der Waals surface area contributed by atoms with Crippen LogP contribution in [-0.4, -0.2) is 29.6 Å². The average Bonchev–Trinajstić information content (AvgIpc) is 2.61. The van der Waals surface area contributed by atoms with Crippen LogP contribution in [0.4, 0.5) is 14.9 Å². The van der Waals surface area contributed by atoms with Gasteiger partial charge in [-0.05, 0) is 56.7 Å². The number of benzene rings is 2. The number of halogens is 2. The van der Waals surface area contributed by atoms with Gasteiger partial charge in [0.05, 0.1) is 11.3 Å². The van der Waals surface area contributed by atoms with E-state index in [9.17, 15) is 18.8 Å². The van der Waals surface area contributed by atoms with Crippen molar-refractivity contribution >= 4 is 39.5 Å². The SMILES string of the molecule is CC(C)(C)OC(=O)NC(Cc1cccc(F)c1)C(=O)Nc1ccc(Br)cc1C(N)=O. The third kappa shape index (κ3) is 7.14.